The van der Waals surface area contributed by atoms with Gasteiger partial charge in [-0.1, -0.05) is 0 Å². The Morgan fingerprint density at radius 1 is 1.43 bits per heavy atom. The van der Waals surface area contributed by atoms with E-state index in [0.29, 0.717) is 29.2 Å². The average Bonchev–Trinajstić information content (AvgIpc) is 3.04. The van der Waals surface area contributed by atoms with Gasteiger partial charge >= 0.3 is 0 Å². The van der Waals surface area contributed by atoms with Crippen molar-refractivity contribution < 1.29 is 14.3 Å². The van der Waals surface area contributed by atoms with Crippen molar-refractivity contribution in [2.45, 2.75) is 25.4 Å². The van der Waals surface area contributed by atoms with Crippen LogP contribution in [-0.2, 0) is 4.79 Å². The number of nitrogens with zero attached hydrogens (tertiary/aromatic N) is 2. The molecule has 1 aliphatic carbocycles. The number of hydrogen-bond donors (Lipinski definition) is 2. The number of carbonyl (C=O) groups is 1. The first-order valence-electron chi connectivity index (χ1n) is 7.11. The number of aliphatic hydroxyl groups is 1. The van der Waals surface area contributed by atoms with Crippen LogP contribution >= 0.6 is 0 Å². The summed E-state index contributed by atoms with van der Waals surface area (Å²) >= 11 is 0. The van der Waals surface area contributed by atoms with Crippen molar-refractivity contribution in [2.24, 2.45) is 5.92 Å². The molecule has 0 spiro atoms. The van der Waals surface area contributed by atoms with E-state index >= 15 is 0 Å². The minimum absolute atomic E-state index is 0.129. The lowest BCUT2D eigenvalue weighted by Gasteiger charge is -2.14. The Morgan fingerprint density at radius 2 is 2.24 bits per heavy atom. The molecule has 2 unspecified atom stereocenters. The molecule has 2 N–H and O–H groups in total. The number of amides is 1. The molecule has 1 fully saturated rings. The number of anilines is 2. The molecule has 0 aliphatic heterocycles. The molecular formula is C15H19N3O3. The summed E-state index contributed by atoms with van der Waals surface area (Å²) < 4.78 is 5.57. The summed E-state index contributed by atoms with van der Waals surface area (Å²) in [4.78, 5) is 18.3. The molecule has 0 saturated heterocycles. The quantitative estimate of drug-likeness (QED) is 0.903. The molecule has 1 heterocycles. The maximum absolute atomic E-state index is 12.2. The van der Waals surface area contributed by atoms with Crippen LogP contribution in [0.2, 0.25) is 0 Å². The van der Waals surface area contributed by atoms with E-state index in [-0.39, 0.29) is 11.8 Å². The highest BCUT2D eigenvalue weighted by atomic mass is 16.4. The van der Waals surface area contributed by atoms with Crippen LogP contribution < -0.4 is 10.2 Å². The smallest absolute Gasteiger partial charge is 0.297 e. The van der Waals surface area contributed by atoms with E-state index in [4.69, 9.17) is 4.42 Å². The fourth-order valence-electron chi connectivity index (χ4n) is 2.67. The van der Waals surface area contributed by atoms with Crippen molar-refractivity contribution >= 4 is 28.7 Å². The largest absolute Gasteiger partial charge is 0.423 e. The highest BCUT2D eigenvalue weighted by Gasteiger charge is 2.31. The Morgan fingerprint density at radius 3 is 2.90 bits per heavy atom. The average molecular weight is 289 g/mol. The number of aliphatic hydroxyl groups excluding tert-OH is 1. The van der Waals surface area contributed by atoms with E-state index in [1.165, 1.54) is 0 Å². The van der Waals surface area contributed by atoms with Gasteiger partial charge in [0, 0.05) is 19.8 Å². The van der Waals surface area contributed by atoms with Crippen molar-refractivity contribution in [1.82, 2.24) is 4.98 Å². The van der Waals surface area contributed by atoms with Crippen LogP contribution in [0.25, 0.3) is 11.1 Å². The van der Waals surface area contributed by atoms with Crippen LogP contribution in [-0.4, -0.2) is 36.2 Å². The van der Waals surface area contributed by atoms with Crippen molar-refractivity contribution in [3.05, 3.63) is 18.2 Å². The second-order valence-corrected chi connectivity index (χ2v) is 5.67. The molecule has 1 saturated carbocycles. The van der Waals surface area contributed by atoms with E-state index in [1.807, 2.05) is 14.1 Å². The second-order valence-electron chi connectivity index (χ2n) is 5.67. The molecule has 2 aromatic rings. The Balaban J connectivity index is 1.79. The molecule has 1 aliphatic rings. The number of aromatic nitrogens is 1. The number of fused-ring (bicyclic) bond motifs is 1. The maximum Gasteiger partial charge on any atom is 0.297 e. The van der Waals surface area contributed by atoms with Crippen molar-refractivity contribution in [2.75, 3.05) is 24.3 Å². The van der Waals surface area contributed by atoms with Crippen LogP contribution in [0.3, 0.4) is 0 Å². The molecule has 1 amide bonds. The van der Waals surface area contributed by atoms with Gasteiger partial charge in [0.25, 0.3) is 6.01 Å². The van der Waals surface area contributed by atoms with E-state index in [9.17, 15) is 9.90 Å². The first-order chi connectivity index (χ1) is 10.0. The minimum atomic E-state index is -0.527. The van der Waals surface area contributed by atoms with Crippen molar-refractivity contribution in [3.8, 4) is 0 Å². The van der Waals surface area contributed by atoms with E-state index < -0.39 is 6.10 Å². The first-order valence-corrected chi connectivity index (χ1v) is 7.11. The molecule has 0 bridgehead atoms. The Bertz CT molecular complexity index is 665. The molecule has 3 rings (SSSR count). The number of oxazole rings is 1. The number of rotatable bonds is 3. The van der Waals surface area contributed by atoms with E-state index in [0.717, 1.165) is 12.8 Å². The Hall–Kier alpha value is -2.08. The topological polar surface area (TPSA) is 78.6 Å². The lowest BCUT2D eigenvalue weighted by molar-refractivity contribution is -0.122. The van der Waals surface area contributed by atoms with Gasteiger partial charge in [-0.05, 0) is 37.5 Å². The molecule has 2 atom stereocenters. The van der Waals surface area contributed by atoms with E-state index in [1.54, 1.807) is 23.1 Å². The minimum Gasteiger partial charge on any atom is -0.423 e. The highest BCUT2D eigenvalue weighted by Crippen LogP contribution is 2.28. The molecule has 0 radical (unpaired) electrons. The molecule has 1 aromatic heterocycles. The lowest BCUT2D eigenvalue weighted by Crippen LogP contribution is -2.28. The zero-order valence-electron chi connectivity index (χ0n) is 12.2. The summed E-state index contributed by atoms with van der Waals surface area (Å²) in [6.45, 7) is 0. The SMILES string of the molecule is CN(C)c1nc2cc(NC(=O)C3CCCC3O)ccc2o1. The fourth-order valence-corrected chi connectivity index (χ4v) is 2.67. The van der Waals surface area contributed by atoms with Crippen LogP contribution in [0.4, 0.5) is 11.7 Å². The number of carbonyl (C=O) groups excluding carboxylic acids is 1. The summed E-state index contributed by atoms with van der Waals surface area (Å²) in [6.07, 6.45) is 1.81. The summed E-state index contributed by atoms with van der Waals surface area (Å²) in [5, 5.41) is 12.6. The third-order valence-electron chi connectivity index (χ3n) is 3.84. The van der Waals surface area contributed by atoms with Crippen LogP contribution in [0.15, 0.2) is 22.6 Å². The van der Waals surface area contributed by atoms with Crippen LogP contribution in [0.5, 0.6) is 0 Å². The summed E-state index contributed by atoms with van der Waals surface area (Å²) in [6, 6.07) is 5.88. The summed E-state index contributed by atoms with van der Waals surface area (Å²) in [7, 11) is 3.71. The predicted octanol–water partition coefficient (Wildman–Crippen LogP) is 1.99. The second kappa shape index (κ2) is 5.37. The van der Waals surface area contributed by atoms with Gasteiger partial charge < -0.3 is 19.7 Å². The Kier molecular flexibility index (Phi) is 3.55. The van der Waals surface area contributed by atoms with Gasteiger partial charge in [-0.3, -0.25) is 4.79 Å². The lowest BCUT2D eigenvalue weighted by atomic mass is 10.1. The van der Waals surface area contributed by atoms with Gasteiger partial charge in [-0.15, -0.1) is 0 Å². The number of nitrogens with one attached hydrogen (secondary N) is 1. The standard InChI is InChI=1S/C15H19N3O3/c1-18(2)15-17-11-8-9(6-7-13(11)21-15)16-14(20)10-4-3-5-12(10)19/h6-8,10,12,19H,3-5H2,1-2H3,(H,16,20). The van der Waals surface area contributed by atoms with Gasteiger partial charge in [0.15, 0.2) is 5.58 Å². The van der Waals surface area contributed by atoms with Gasteiger partial charge in [0.1, 0.15) is 5.52 Å². The van der Waals surface area contributed by atoms with Gasteiger partial charge in [0.2, 0.25) is 5.91 Å². The van der Waals surface area contributed by atoms with Crippen LogP contribution in [0, 0.1) is 5.92 Å². The first kappa shape index (κ1) is 13.9. The molecule has 21 heavy (non-hydrogen) atoms. The number of hydrogen-bond acceptors (Lipinski definition) is 5. The van der Waals surface area contributed by atoms with Crippen molar-refractivity contribution in [3.63, 3.8) is 0 Å². The highest BCUT2D eigenvalue weighted by molar-refractivity contribution is 5.94. The molecular weight excluding hydrogens is 270 g/mol. The fraction of sp³-hybridized carbons (Fsp3) is 0.467. The molecule has 6 heteroatoms. The van der Waals surface area contributed by atoms with E-state index in [2.05, 4.69) is 10.3 Å². The third kappa shape index (κ3) is 2.71. The normalized spacial score (nSPS) is 21.7. The van der Waals surface area contributed by atoms with Gasteiger partial charge in [-0.2, -0.15) is 4.98 Å². The third-order valence-corrected chi connectivity index (χ3v) is 3.84. The van der Waals surface area contributed by atoms with Gasteiger partial charge in [-0.25, -0.2) is 0 Å². The maximum atomic E-state index is 12.2. The van der Waals surface area contributed by atoms with Crippen LogP contribution in [0.1, 0.15) is 19.3 Å². The molecule has 1 aromatic carbocycles. The summed E-state index contributed by atoms with van der Waals surface area (Å²) in [5.74, 6) is -0.439. The Labute approximate surface area is 122 Å². The monoisotopic (exact) mass is 289 g/mol. The predicted molar refractivity (Wildman–Crippen MR) is 80.3 cm³/mol. The molecule has 6 nitrogen and oxygen atoms in total. The zero-order chi connectivity index (χ0) is 15.0. The molecule has 112 valence electrons. The number of benzene rings is 1. The van der Waals surface area contributed by atoms with Gasteiger partial charge in [0.05, 0.1) is 12.0 Å². The zero-order valence-corrected chi connectivity index (χ0v) is 12.2. The van der Waals surface area contributed by atoms with Crippen molar-refractivity contribution in [1.29, 1.82) is 0 Å². The summed E-state index contributed by atoms with van der Waals surface area (Å²) in [5.41, 5.74) is 2.05.